The molecule has 0 aromatic heterocycles. The summed E-state index contributed by atoms with van der Waals surface area (Å²) in [6.07, 6.45) is 78.8. The minimum absolute atomic E-state index is 0.0984. The van der Waals surface area contributed by atoms with Crippen molar-refractivity contribution in [2.45, 2.75) is 252 Å². The van der Waals surface area contributed by atoms with Crippen molar-refractivity contribution in [1.29, 1.82) is 0 Å². The molecule has 0 rings (SSSR count). The number of hydrogen-bond donors (Lipinski definition) is 0. The summed E-state index contributed by atoms with van der Waals surface area (Å²) < 4.78 is 16.8. The molecule has 0 saturated carbocycles. The van der Waals surface area contributed by atoms with Crippen molar-refractivity contribution in [3.05, 3.63) is 122 Å². The molecule has 0 radical (unpaired) electrons. The van der Waals surface area contributed by atoms with Crippen molar-refractivity contribution in [2.75, 3.05) is 13.2 Å². The van der Waals surface area contributed by atoms with Gasteiger partial charge in [-0.05, 0) is 57.8 Å². The highest BCUT2D eigenvalue weighted by atomic mass is 16.6. The average molecular weight is 970 g/mol. The van der Waals surface area contributed by atoms with Gasteiger partial charge in [0.2, 0.25) is 0 Å². The number of unbranched alkanes of at least 4 members (excludes halogenated alkanes) is 27. The van der Waals surface area contributed by atoms with Crippen LogP contribution in [0.2, 0.25) is 0 Å². The lowest BCUT2D eigenvalue weighted by Crippen LogP contribution is -2.30. The van der Waals surface area contributed by atoms with E-state index in [0.29, 0.717) is 19.3 Å². The molecule has 6 heteroatoms. The van der Waals surface area contributed by atoms with Crippen LogP contribution in [0.25, 0.3) is 0 Å². The number of esters is 3. The van der Waals surface area contributed by atoms with Crippen LogP contribution >= 0.6 is 0 Å². The Morgan fingerprint density at radius 2 is 0.543 bits per heavy atom. The number of rotatable bonds is 50. The maximum atomic E-state index is 12.9. The summed E-state index contributed by atoms with van der Waals surface area (Å²) in [4.78, 5) is 38.2. The van der Waals surface area contributed by atoms with Crippen LogP contribution < -0.4 is 0 Å². The van der Waals surface area contributed by atoms with Gasteiger partial charge in [0.1, 0.15) is 13.2 Å². The molecule has 1 unspecified atom stereocenters. The van der Waals surface area contributed by atoms with Gasteiger partial charge in [-0.2, -0.15) is 0 Å². The molecule has 0 spiro atoms. The van der Waals surface area contributed by atoms with Crippen LogP contribution in [-0.2, 0) is 28.6 Å². The highest BCUT2D eigenvalue weighted by Gasteiger charge is 2.19. The van der Waals surface area contributed by atoms with Crippen LogP contribution in [0.15, 0.2) is 122 Å². The lowest BCUT2D eigenvalue weighted by Gasteiger charge is -2.18. The molecular weight excluding hydrogens is 865 g/mol. The standard InChI is InChI=1S/C64H104O6/c1-4-7-10-13-16-19-22-25-28-31-33-36-39-42-45-48-51-54-57-63(66)69-60-61(59-68-62(65)56-53-50-47-44-41-38-35-30-27-24-21-18-15-12-9-6-3)70-64(67)58-55-52-49-46-43-40-37-34-32-29-26-23-20-17-14-11-8-5-2/h10-11,13-14,16-17,19-20,22-23,25-26,28-29,31-34,36-37,61H,4-9,12,15,18,21,24,27,30,35,38-60H2,1-3H3/b13-10-,14-11-,19-16-,20-17-,25-22-,26-23-,31-28-,32-29-,36-33-,37-34-. The molecular formula is C64H104O6. The first-order valence-corrected chi connectivity index (χ1v) is 28.7. The molecule has 0 aromatic carbocycles. The van der Waals surface area contributed by atoms with E-state index in [2.05, 4.69) is 93.7 Å². The van der Waals surface area contributed by atoms with Gasteiger partial charge in [0.05, 0.1) is 0 Å². The fourth-order valence-corrected chi connectivity index (χ4v) is 7.62. The van der Waals surface area contributed by atoms with Gasteiger partial charge in [0.15, 0.2) is 6.10 Å². The first kappa shape index (κ1) is 65.8. The smallest absolute Gasteiger partial charge is 0.306 e. The molecule has 0 N–H and O–H groups in total. The molecule has 0 aromatic rings. The zero-order valence-electron chi connectivity index (χ0n) is 45.2. The molecule has 0 aliphatic heterocycles. The topological polar surface area (TPSA) is 78.9 Å². The van der Waals surface area contributed by atoms with E-state index >= 15 is 0 Å². The van der Waals surface area contributed by atoms with E-state index in [-0.39, 0.29) is 31.1 Å². The summed E-state index contributed by atoms with van der Waals surface area (Å²) in [6, 6.07) is 0. The van der Waals surface area contributed by atoms with Gasteiger partial charge in [-0.1, -0.05) is 290 Å². The quantitative estimate of drug-likeness (QED) is 0.0262. The van der Waals surface area contributed by atoms with Crippen LogP contribution in [0.5, 0.6) is 0 Å². The predicted molar refractivity (Wildman–Crippen MR) is 302 cm³/mol. The largest absolute Gasteiger partial charge is 0.462 e. The SMILES string of the molecule is CCC\C=C/C=C\C=C/C=C\C=C/CCCCCCCC(=O)OCC(COC(=O)CCCCCCCCCCCCCCCCCC)OC(=O)CCCCCCC\C=C/C=C\C=C/C=C\C=C/CCC. The summed E-state index contributed by atoms with van der Waals surface area (Å²) in [7, 11) is 0. The first-order valence-electron chi connectivity index (χ1n) is 28.7. The molecule has 396 valence electrons. The van der Waals surface area contributed by atoms with E-state index in [4.69, 9.17) is 14.2 Å². The van der Waals surface area contributed by atoms with Crippen LogP contribution in [0.1, 0.15) is 245 Å². The fourth-order valence-electron chi connectivity index (χ4n) is 7.62. The normalized spacial score (nSPS) is 13.0. The summed E-state index contributed by atoms with van der Waals surface area (Å²) in [6.45, 7) is 6.43. The third-order valence-corrected chi connectivity index (χ3v) is 11.9. The third-order valence-electron chi connectivity index (χ3n) is 11.9. The highest BCUT2D eigenvalue weighted by Crippen LogP contribution is 2.15. The van der Waals surface area contributed by atoms with E-state index in [0.717, 1.165) is 109 Å². The Labute approximate surface area is 431 Å². The van der Waals surface area contributed by atoms with Gasteiger partial charge in [-0.25, -0.2) is 0 Å². The Bertz CT molecular complexity index is 1490. The van der Waals surface area contributed by atoms with Gasteiger partial charge in [-0.3, -0.25) is 14.4 Å². The van der Waals surface area contributed by atoms with Gasteiger partial charge in [0.25, 0.3) is 0 Å². The first-order chi connectivity index (χ1) is 34.5. The number of allylic oxidation sites excluding steroid dienone is 20. The molecule has 0 saturated heterocycles. The van der Waals surface area contributed by atoms with Crippen LogP contribution in [0, 0.1) is 0 Å². The molecule has 0 amide bonds. The van der Waals surface area contributed by atoms with Crippen LogP contribution in [-0.4, -0.2) is 37.2 Å². The maximum Gasteiger partial charge on any atom is 0.306 e. The van der Waals surface area contributed by atoms with Crippen molar-refractivity contribution >= 4 is 17.9 Å². The summed E-state index contributed by atoms with van der Waals surface area (Å²) in [5.41, 5.74) is 0. The van der Waals surface area contributed by atoms with Gasteiger partial charge in [-0.15, -0.1) is 0 Å². The second-order valence-corrected chi connectivity index (χ2v) is 18.7. The summed E-state index contributed by atoms with van der Waals surface area (Å²) in [5.74, 6) is -0.948. The van der Waals surface area contributed by atoms with Crippen molar-refractivity contribution in [3.8, 4) is 0 Å². The van der Waals surface area contributed by atoms with E-state index in [1.165, 1.54) is 96.3 Å². The van der Waals surface area contributed by atoms with E-state index < -0.39 is 6.10 Å². The number of carbonyl (C=O) groups excluding carboxylic acids is 3. The predicted octanol–water partition coefficient (Wildman–Crippen LogP) is 19.3. The summed E-state index contributed by atoms with van der Waals surface area (Å²) >= 11 is 0. The number of ether oxygens (including phenoxy) is 3. The zero-order chi connectivity index (χ0) is 50.7. The minimum Gasteiger partial charge on any atom is -0.462 e. The highest BCUT2D eigenvalue weighted by molar-refractivity contribution is 5.71. The van der Waals surface area contributed by atoms with Crippen molar-refractivity contribution in [2.24, 2.45) is 0 Å². The molecule has 0 aliphatic carbocycles. The van der Waals surface area contributed by atoms with E-state index in [9.17, 15) is 14.4 Å². The molecule has 0 bridgehead atoms. The van der Waals surface area contributed by atoms with Crippen molar-refractivity contribution < 1.29 is 28.6 Å². The van der Waals surface area contributed by atoms with Gasteiger partial charge < -0.3 is 14.2 Å². The van der Waals surface area contributed by atoms with E-state index in [1.54, 1.807) is 0 Å². The lowest BCUT2D eigenvalue weighted by atomic mass is 10.0. The molecule has 6 nitrogen and oxygen atoms in total. The molecule has 0 fully saturated rings. The summed E-state index contributed by atoms with van der Waals surface area (Å²) in [5, 5.41) is 0. The second kappa shape index (κ2) is 57.4. The average Bonchev–Trinajstić information content (AvgIpc) is 3.36. The number of carbonyl (C=O) groups is 3. The fraction of sp³-hybridized carbons (Fsp3) is 0.641. The van der Waals surface area contributed by atoms with Gasteiger partial charge in [0, 0.05) is 19.3 Å². The maximum absolute atomic E-state index is 12.9. The van der Waals surface area contributed by atoms with Gasteiger partial charge >= 0.3 is 17.9 Å². The van der Waals surface area contributed by atoms with E-state index in [1.807, 2.05) is 48.6 Å². The van der Waals surface area contributed by atoms with Crippen molar-refractivity contribution in [3.63, 3.8) is 0 Å². The Kier molecular flexibility index (Phi) is 54.0. The Morgan fingerprint density at radius 3 is 0.857 bits per heavy atom. The Balaban J connectivity index is 4.52. The molecule has 1 atom stereocenters. The van der Waals surface area contributed by atoms with Crippen LogP contribution in [0.4, 0.5) is 0 Å². The lowest BCUT2D eigenvalue weighted by molar-refractivity contribution is -0.167. The molecule has 70 heavy (non-hydrogen) atoms. The monoisotopic (exact) mass is 969 g/mol. The molecule has 0 aliphatic rings. The Hall–Kier alpha value is -4.19. The number of hydrogen-bond acceptors (Lipinski definition) is 6. The van der Waals surface area contributed by atoms with Crippen LogP contribution in [0.3, 0.4) is 0 Å². The Morgan fingerprint density at radius 1 is 0.286 bits per heavy atom. The second-order valence-electron chi connectivity index (χ2n) is 18.7. The zero-order valence-corrected chi connectivity index (χ0v) is 45.2. The third kappa shape index (κ3) is 54.7. The minimum atomic E-state index is -0.805. The van der Waals surface area contributed by atoms with Crippen molar-refractivity contribution in [1.82, 2.24) is 0 Å². The molecule has 0 heterocycles.